The van der Waals surface area contributed by atoms with Crippen molar-refractivity contribution in [3.8, 4) is 0 Å². The topological polar surface area (TPSA) is 3.24 Å². The molecule has 0 spiro atoms. The van der Waals surface area contributed by atoms with Gasteiger partial charge in [0.25, 0.3) is 32.0 Å². The second-order valence-corrected chi connectivity index (χ2v) is 14.9. The predicted molar refractivity (Wildman–Crippen MR) is 49.0 cm³/mol. The first-order valence-electron chi connectivity index (χ1n) is 2.52. The van der Waals surface area contributed by atoms with Crippen LogP contribution in [0, 0.1) is 0 Å². The summed E-state index contributed by atoms with van der Waals surface area (Å²) < 4.78 is 2.70. The van der Waals surface area contributed by atoms with Crippen LogP contribution < -0.4 is 0 Å². The number of hydrogen-bond donors (Lipinski definition) is 0. The maximum absolute atomic E-state index is 2.70. The largest absolute Gasteiger partial charge is 0.558 e. The Bertz CT molecular complexity index is 50.2. The van der Waals surface area contributed by atoms with Crippen molar-refractivity contribution in [2.75, 3.05) is 0 Å². The van der Waals surface area contributed by atoms with Crippen molar-refractivity contribution >= 4 is 63.3 Å². The van der Waals surface area contributed by atoms with E-state index >= 15 is 0 Å². The molecule has 0 heterocycles. The van der Waals surface area contributed by atoms with Gasteiger partial charge in [-0.3, -0.25) is 0 Å². The van der Waals surface area contributed by atoms with Gasteiger partial charge in [-0.15, -0.1) is 0 Å². The maximum atomic E-state index is 2.70. The highest BCUT2D eigenvalue weighted by Gasteiger charge is 2.08. The van der Waals surface area contributed by atoms with Gasteiger partial charge in [-0.05, 0) is 0 Å². The zero-order valence-corrected chi connectivity index (χ0v) is 11.8. The molecule has 0 N–H and O–H groups in total. The summed E-state index contributed by atoms with van der Waals surface area (Å²) in [6.07, 6.45) is 0. The van der Waals surface area contributed by atoms with Crippen LogP contribution in [0.25, 0.3) is 0 Å². The van der Waals surface area contributed by atoms with E-state index in [0.29, 0.717) is 0 Å². The summed E-state index contributed by atoms with van der Waals surface area (Å²) in [5.41, 5.74) is 0. The van der Waals surface area contributed by atoms with Gasteiger partial charge in [0, 0.05) is 0 Å². The van der Waals surface area contributed by atoms with Crippen LogP contribution in [-0.2, 0) is 0 Å². The standard InChI is InChI=1S/2CH3.3Al.HI.N.3H/h2*1H3;;;;1H;;;;/q;;;;+1;;;;;/p-1. The lowest BCUT2D eigenvalue weighted by atomic mass is 11.9. The molecule has 7 heavy (non-hydrogen) atoms. The molecule has 1 nitrogen and oxygen atoms in total. The van der Waals surface area contributed by atoms with Crippen molar-refractivity contribution in [1.29, 1.82) is 0 Å². The minimum Gasteiger partial charge on any atom is -0.558 e. The number of halogens is 1. The van der Waals surface area contributed by atoms with Crippen LogP contribution in [0.3, 0.4) is 0 Å². The van der Waals surface area contributed by atoms with Crippen molar-refractivity contribution in [1.82, 2.24) is 1.85 Å². The summed E-state index contributed by atoms with van der Waals surface area (Å²) in [6, 6.07) is 0. The SMILES string of the molecule is [CH3][AlH][N]([AlH2])[Al]([CH3])[I]. The average molecular weight is 255 g/mol. The van der Waals surface area contributed by atoms with Crippen LogP contribution in [0.15, 0.2) is 0 Å². The van der Waals surface area contributed by atoms with Crippen molar-refractivity contribution in [2.24, 2.45) is 0 Å². The zero-order valence-electron chi connectivity index (χ0n) is 5.11. The minimum atomic E-state index is -0.338. The van der Waals surface area contributed by atoms with E-state index in [-0.39, 0.29) is 26.5 Å². The monoisotopic (exact) mass is 255 g/mol. The van der Waals surface area contributed by atoms with Gasteiger partial charge in [-0.1, -0.05) is 11.6 Å². The highest BCUT2D eigenvalue weighted by atomic mass is 127. The summed E-state index contributed by atoms with van der Waals surface area (Å²) in [5.74, 6) is 4.76. The summed E-state index contributed by atoms with van der Waals surface area (Å²) in [4.78, 5) is 0. The van der Waals surface area contributed by atoms with E-state index in [1.165, 1.54) is 16.5 Å². The van der Waals surface area contributed by atoms with E-state index in [2.05, 4.69) is 33.7 Å². The molecule has 0 aromatic carbocycles. The first-order valence-corrected chi connectivity index (χ1v) is 11.3. The first kappa shape index (κ1) is 9.29. The van der Waals surface area contributed by atoms with Gasteiger partial charge >= 0.3 is 11.1 Å². The number of nitrogens with zero attached hydrogens (tertiary/aromatic N) is 1. The molecule has 0 unspecified atom stereocenters. The van der Waals surface area contributed by atoms with E-state index in [1.807, 2.05) is 0 Å². The Balaban J connectivity index is 3.14. The molecule has 0 aliphatic heterocycles. The quantitative estimate of drug-likeness (QED) is 0.487. The van der Waals surface area contributed by atoms with Gasteiger partial charge in [0.15, 0.2) is 0 Å². The van der Waals surface area contributed by atoms with Crippen LogP contribution in [-0.4, -0.2) is 44.9 Å². The van der Waals surface area contributed by atoms with Gasteiger partial charge < -0.3 is 1.85 Å². The number of rotatable bonds is 2. The van der Waals surface area contributed by atoms with Gasteiger partial charge in [0.1, 0.15) is 0 Å². The molecular weight excluding hydrogens is 246 g/mol. The van der Waals surface area contributed by atoms with Crippen LogP contribution in [0.2, 0.25) is 11.6 Å². The third-order valence-electron chi connectivity index (χ3n) is 1.11. The highest BCUT2D eigenvalue weighted by Crippen LogP contribution is 1.94. The summed E-state index contributed by atoms with van der Waals surface area (Å²) in [7, 11) is 0. The summed E-state index contributed by atoms with van der Waals surface area (Å²) in [5, 5.41) is 0. The molecule has 5 heteroatoms. The zero-order chi connectivity index (χ0) is 5.86. The molecule has 0 bridgehead atoms. The molecule has 0 saturated heterocycles. The predicted octanol–water partition coefficient (Wildman–Crippen LogP) is -0.211. The molecule has 0 amide bonds. The Kier molecular flexibility index (Phi) is 6.77. The van der Waals surface area contributed by atoms with E-state index in [4.69, 9.17) is 0 Å². The first-order chi connectivity index (χ1) is 3.18. The van der Waals surface area contributed by atoms with E-state index in [9.17, 15) is 0 Å². The molecule has 0 aliphatic rings. The molecule has 0 saturated carbocycles. The fourth-order valence-corrected chi connectivity index (χ4v) is 5.81. The third kappa shape index (κ3) is 4.77. The van der Waals surface area contributed by atoms with E-state index < -0.39 is 0 Å². The lowest BCUT2D eigenvalue weighted by Gasteiger charge is -2.13. The Morgan fingerprint density at radius 3 is 2.29 bits per heavy atom. The fraction of sp³-hybridized carbons (Fsp3) is 1.00. The lowest BCUT2D eigenvalue weighted by molar-refractivity contribution is 1.12. The Hall–Kier alpha value is 2.29. The third-order valence-corrected chi connectivity index (χ3v) is 18.5. The van der Waals surface area contributed by atoms with Crippen molar-refractivity contribution in [3.63, 3.8) is 0 Å². The maximum Gasteiger partial charge on any atom is 0.416 e. The van der Waals surface area contributed by atoms with Crippen molar-refractivity contribution in [3.05, 3.63) is 0 Å². The molecular formula is C2H9Al3IN. The smallest absolute Gasteiger partial charge is 0.416 e. The highest BCUT2D eigenvalue weighted by molar-refractivity contribution is 14.1. The van der Waals surface area contributed by atoms with Crippen LogP contribution in [0.4, 0.5) is 0 Å². The Morgan fingerprint density at radius 2 is 2.29 bits per heavy atom. The van der Waals surface area contributed by atoms with Crippen LogP contribution in [0.1, 0.15) is 0 Å². The second-order valence-electron chi connectivity index (χ2n) is 1.65. The van der Waals surface area contributed by atoms with Crippen LogP contribution >= 0.6 is 20.3 Å². The Labute approximate surface area is 75.7 Å². The molecule has 0 atom stereocenters. The van der Waals surface area contributed by atoms with Gasteiger partial charge in [-0.25, -0.2) is 0 Å². The van der Waals surface area contributed by atoms with Gasteiger partial charge in [0.2, 0.25) is 0 Å². The van der Waals surface area contributed by atoms with Crippen molar-refractivity contribution in [2.45, 2.75) is 11.6 Å². The van der Waals surface area contributed by atoms with E-state index in [0.717, 1.165) is 0 Å². The molecule has 38 valence electrons. The average Bonchev–Trinajstić information content (AvgIpc) is 1.65. The fourth-order valence-electron chi connectivity index (χ4n) is 0.252. The minimum absolute atomic E-state index is 0.240. The molecule has 0 rings (SSSR count). The summed E-state index contributed by atoms with van der Waals surface area (Å²) >= 11 is 3.83. The van der Waals surface area contributed by atoms with Gasteiger partial charge in [0.05, 0.1) is 0 Å². The molecule has 0 aliphatic carbocycles. The summed E-state index contributed by atoms with van der Waals surface area (Å²) in [6.45, 7) is 0. The van der Waals surface area contributed by atoms with Crippen LogP contribution in [0.5, 0.6) is 0 Å². The molecule has 0 radical (unpaired) electrons. The van der Waals surface area contributed by atoms with E-state index in [1.54, 1.807) is 0 Å². The number of hydrogen-bond acceptors (Lipinski definition) is 1. The molecule has 0 fully saturated rings. The van der Waals surface area contributed by atoms with Gasteiger partial charge in [-0.2, -0.15) is 20.3 Å². The molecule has 0 aromatic heterocycles. The lowest BCUT2D eigenvalue weighted by Crippen LogP contribution is -2.31. The van der Waals surface area contributed by atoms with Crippen molar-refractivity contribution < 1.29 is 0 Å². The Morgan fingerprint density at radius 1 is 1.86 bits per heavy atom. The second kappa shape index (κ2) is 5.10. The normalized spacial score (nSPS) is 9.14. The molecule has 0 aromatic rings.